The molecule has 0 N–H and O–H groups in total. The first kappa shape index (κ1) is 18.7. The Morgan fingerprint density at radius 2 is 2.22 bits per heavy atom. The van der Waals surface area contributed by atoms with Gasteiger partial charge in [-0.15, -0.1) is 11.3 Å². The number of thiazole rings is 1. The van der Waals surface area contributed by atoms with Crippen LogP contribution in [0.25, 0.3) is 23.1 Å². The third-order valence-corrected chi connectivity index (χ3v) is 4.76. The fraction of sp³-hybridized carbons (Fsp3) is 0.238. The van der Waals surface area contributed by atoms with Gasteiger partial charge in [-0.1, -0.05) is 19.4 Å². The van der Waals surface area contributed by atoms with Crippen molar-refractivity contribution in [2.24, 2.45) is 0 Å². The van der Waals surface area contributed by atoms with Crippen molar-refractivity contribution in [1.82, 2.24) is 4.98 Å². The molecule has 0 fully saturated rings. The quantitative estimate of drug-likeness (QED) is 0.373. The van der Waals surface area contributed by atoms with E-state index in [2.05, 4.69) is 18.0 Å². The van der Waals surface area contributed by atoms with Crippen molar-refractivity contribution in [3.8, 4) is 29.0 Å². The van der Waals surface area contributed by atoms with Crippen LogP contribution in [0.3, 0.4) is 0 Å². The first-order valence-corrected chi connectivity index (χ1v) is 9.55. The second-order valence-corrected chi connectivity index (χ2v) is 6.66. The van der Waals surface area contributed by atoms with E-state index in [1.54, 1.807) is 19.4 Å². The largest absolute Gasteiger partial charge is 0.493 e. The molecule has 0 unspecified atom stereocenters. The summed E-state index contributed by atoms with van der Waals surface area (Å²) in [6.45, 7) is 2.77. The number of aromatic nitrogens is 1. The second-order valence-electron chi connectivity index (χ2n) is 5.80. The van der Waals surface area contributed by atoms with Crippen LogP contribution in [0.5, 0.6) is 11.5 Å². The maximum Gasteiger partial charge on any atom is 0.161 e. The molecular formula is C21H20N2O3S. The molecule has 2 heterocycles. The molecule has 0 aliphatic heterocycles. The summed E-state index contributed by atoms with van der Waals surface area (Å²) in [4.78, 5) is 4.51. The highest BCUT2D eigenvalue weighted by molar-refractivity contribution is 7.11. The number of methoxy groups -OCH3 is 1. The van der Waals surface area contributed by atoms with Crippen LogP contribution in [-0.2, 0) is 0 Å². The van der Waals surface area contributed by atoms with Gasteiger partial charge in [0, 0.05) is 5.38 Å². The van der Waals surface area contributed by atoms with Gasteiger partial charge in [-0.2, -0.15) is 5.26 Å². The lowest BCUT2D eigenvalue weighted by Gasteiger charge is -2.11. The molecule has 2 aromatic heterocycles. The molecule has 0 saturated carbocycles. The number of unbranched alkanes of at least 4 members (excludes halogenated alkanes) is 1. The van der Waals surface area contributed by atoms with Crippen molar-refractivity contribution in [2.45, 2.75) is 19.8 Å². The number of allylic oxidation sites excluding steroid dienone is 1. The van der Waals surface area contributed by atoms with E-state index in [9.17, 15) is 5.26 Å². The minimum atomic E-state index is 0.486. The molecule has 138 valence electrons. The van der Waals surface area contributed by atoms with Crippen LogP contribution in [0, 0.1) is 11.3 Å². The van der Waals surface area contributed by atoms with Gasteiger partial charge in [-0.3, -0.25) is 0 Å². The Morgan fingerprint density at radius 1 is 1.33 bits per heavy atom. The van der Waals surface area contributed by atoms with Gasteiger partial charge in [0.2, 0.25) is 0 Å². The van der Waals surface area contributed by atoms with E-state index >= 15 is 0 Å². The van der Waals surface area contributed by atoms with Gasteiger partial charge < -0.3 is 13.9 Å². The van der Waals surface area contributed by atoms with Crippen molar-refractivity contribution in [3.05, 3.63) is 52.5 Å². The number of furan rings is 1. The van der Waals surface area contributed by atoms with E-state index in [1.807, 2.05) is 35.7 Å². The molecule has 0 saturated heterocycles. The van der Waals surface area contributed by atoms with Gasteiger partial charge in [0.05, 0.1) is 25.6 Å². The molecule has 0 spiro atoms. The number of rotatable bonds is 8. The van der Waals surface area contributed by atoms with E-state index in [1.165, 1.54) is 11.3 Å². The van der Waals surface area contributed by atoms with Gasteiger partial charge in [0.25, 0.3) is 0 Å². The second kappa shape index (κ2) is 9.06. The lowest BCUT2D eigenvalue weighted by molar-refractivity contribution is 0.288. The molecule has 5 nitrogen and oxygen atoms in total. The Labute approximate surface area is 162 Å². The fourth-order valence-corrected chi connectivity index (χ4v) is 3.24. The number of ether oxygens (including phenoxy) is 2. The third-order valence-electron chi connectivity index (χ3n) is 3.88. The number of hydrogen-bond acceptors (Lipinski definition) is 6. The molecule has 0 aliphatic carbocycles. The zero-order valence-corrected chi connectivity index (χ0v) is 16.1. The zero-order valence-electron chi connectivity index (χ0n) is 15.3. The standard InChI is InChI=1S/C21H20N2O3S/c1-3-4-9-26-19-8-7-15(12-20(19)24-2)11-16(13-22)21-23-17(14-27-21)18-6-5-10-25-18/h5-8,10-12,14H,3-4,9H2,1-2H3. The fourth-order valence-electron chi connectivity index (χ4n) is 2.46. The molecule has 0 radical (unpaired) electrons. The average Bonchev–Trinajstić information content (AvgIpc) is 3.38. The summed E-state index contributed by atoms with van der Waals surface area (Å²) in [5.74, 6) is 2.04. The molecule has 6 heteroatoms. The van der Waals surface area contributed by atoms with Gasteiger partial charge in [0.1, 0.15) is 16.8 Å². The minimum absolute atomic E-state index is 0.486. The number of nitrogens with zero attached hydrogens (tertiary/aromatic N) is 2. The number of hydrogen-bond donors (Lipinski definition) is 0. The predicted octanol–water partition coefficient (Wildman–Crippen LogP) is 5.65. The van der Waals surface area contributed by atoms with Crippen LogP contribution >= 0.6 is 11.3 Å². The van der Waals surface area contributed by atoms with Crippen molar-refractivity contribution >= 4 is 23.0 Å². The van der Waals surface area contributed by atoms with Gasteiger partial charge in [-0.25, -0.2) is 4.98 Å². The Balaban J connectivity index is 1.84. The predicted molar refractivity (Wildman–Crippen MR) is 107 cm³/mol. The minimum Gasteiger partial charge on any atom is -0.493 e. The van der Waals surface area contributed by atoms with Crippen LogP contribution in [0.15, 0.2) is 46.4 Å². The molecular weight excluding hydrogens is 360 g/mol. The third kappa shape index (κ3) is 4.57. The summed E-state index contributed by atoms with van der Waals surface area (Å²) in [7, 11) is 1.61. The maximum atomic E-state index is 9.57. The average molecular weight is 380 g/mol. The highest BCUT2D eigenvalue weighted by atomic mass is 32.1. The van der Waals surface area contributed by atoms with E-state index in [4.69, 9.17) is 13.9 Å². The van der Waals surface area contributed by atoms with Gasteiger partial charge >= 0.3 is 0 Å². The Hall–Kier alpha value is -3.04. The number of benzene rings is 1. The summed E-state index contributed by atoms with van der Waals surface area (Å²) in [5.41, 5.74) is 2.05. The molecule has 0 atom stereocenters. The highest BCUT2D eigenvalue weighted by Crippen LogP contribution is 2.31. The normalized spacial score (nSPS) is 11.2. The van der Waals surface area contributed by atoms with Crippen molar-refractivity contribution < 1.29 is 13.9 Å². The lowest BCUT2D eigenvalue weighted by Crippen LogP contribution is -1.99. The molecule has 0 amide bonds. The molecule has 27 heavy (non-hydrogen) atoms. The zero-order chi connectivity index (χ0) is 19.1. The van der Waals surface area contributed by atoms with Crippen molar-refractivity contribution in [3.63, 3.8) is 0 Å². The van der Waals surface area contributed by atoms with E-state index in [-0.39, 0.29) is 0 Å². The lowest BCUT2D eigenvalue weighted by atomic mass is 10.1. The Bertz CT molecular complexity index is 952. The van der Waals surface area contributed by atoms with E-state index in [0.717, 1.165) is 24.1 Å². The summed E-state index contributed by atoms with van der Waals surface area (Å²) in [5, 5.41) is 12.1. The molecule has 1 aromatic carbocycles. The van der Waals surface area contributed by atoms with Crippen LogP contribution in [0.1, 0.15) is 30.3 Å². The van der Waals surface area contributed by atoms with E-state index in [0.29, 0.717) is 34.4 Å². The van der Waals surface area contributed by atoms with E-state index < -0.39 is 0 Å². The molecule has 3 aromatic rings. The summed E-state index contributed by atoms with van der Waals surface area (Å²) < 4.78 is 16.5. The van der Waals surface area contributed by atoms with Crippen LogP contribution in [-0.4, -0.2) is 18.7 Å². The summed E-state index contributed by atoms with van der Waals surface area (Å²) in [6, 6.07) is 11.5. The van der Waals surface area contributed by atoms with Crippen LogP contribution < -0.4 is 9.47 Å². The van der Waals surface area contributed by atoms with Crippen LogP contribution in [0.2, 0.25) is 0 Å². The molecule has 3 rings (SSSR count). The van der Waals surface area contributed by atoms with Crippen molar-refractivity contribution in [2.75, 3.05) is 13.7 Å². The summed E-state index contributed by atoms with van der Waals surface area (Å²) >= 11 is 1.41. The Kier molecular flexibility index (Phi) is 6.29. The van der Waals surface area contributed by atoms with Gasteiger partial charge in [0.15, 0.2) is 17.3 Å². The van der Waals surface area contributed by atoms with Crippen LogP contribution in [0.4, 0.5) is 0 Å². The molecule has 0 bridgehead atoms. The smallest absolute Gasteiger partial charge is 0.161 e. The highest BCUT2D eigenvalue weighted by Gasteiger charge is 2.11. The maximum absolute atomic E-state index is 9.57. The molecule has 0 aliphatic rings. The van der Waals surface area contributed by atoms with Gasteiger partial charge in [-0.05, 0) is 42.3 Å². The Morgan fingerprint density at radius 3 is 2.93 bits per heavy atom. The first-order chi connectivity index (χ1) is 13.2. The summed E-state index contributed by atoms with van der Waals surface area (Å²) in [6.07, 6.45) is 5.46. The first-order valence-electron chi connectivity index (χ1n) is 8.67. The monoisotopic (exact) mass is 380 g/mol. The number of nitriles is 1. The SMILES string of the molecule is CCCCOc1ccc(C=C(C#N)c2nc(-c3ccco3)cs2)cc1OC. The van der Waals surface area contributed by atoms with Crippen molar-refractivity contribution in [1.29, 1.82) is 5.26 Å². The topological polar surface area (TPSA) is 68.3 Å².